The number of nitrogens with one attached hydrogen (secondary N) is 3. The van der Waals surface area contributed by atoms with E-state index in [-0.39, 0.29) is 22.9 Å². The van der Waals surface area contributed by atoms with Gasteiger partial charge in [-0.25, -0.2) is 0 Å². The largest absolute Gasteiger partial charge is 0.493 e. The van der Waals surface area contributed by atoms with E-state index in [9.17, 15) is 14.4 Å². The van der Waals surface area contributed by atoms with Crippen LogP contribution in [0, 0.1) is 0 Å². The van der Waals surface area contributed by atoms with Gasteiger partial charge in [-0.15, -0.1) is 0 Å². The van der Waals surface area contributed by atoms with Crippen LogP contribution in [-0.2, 0) is 29.6 Å². The zero-order valence-electron chi connectivity index (χ0n) is 25.5. The van der Waals surface area contributed by atoms with E-state index in [1.807, 2.05) is 48.3 Å². The van der Waals surface area contributed by atoms with E-state index in [2.05, 4.69) is 16.0 Å². The maximum atomic E-state index is 13.8. The van der Waals surface area contributed by atoms with Gasteiger partial charge in [-0.1, -0.05) is 6.07 Å². The summed E-state index contributed by atoms with van der Waals surface area (Å²) in [5.74, 6) is 1.79. The Morgan fingerprint density at radius 1 is 1.09 bits per heavy atom. The van der Waals surface area contributed by atoms with Crippen LogP contribution in [0.1, 0.15) is 42.6 Å². The van der Waals surface area contributed by atoms with Crippen LogP contribution < -0.4 is 35.6 Å². The van der Waals surface area contributed by atoms with Gasteiger partial charge in [0, 0.05) is 31.4 Å². The van der Waals surface area contributed by atoms with Crippen LogP contribution in [-0.4, -0.2) is 55.8 Å². The summed E-state index contributed by atoms with van der Waals surface area (Å²) in [6.07, 6.45) is 5.60. The van der Waals surface area contributed by atoms with Gasteiger partial charge in [-0.3, -0.25) is 14.4 Å². The number of aromatic nitrogens is 1. The van der Waals surface area contributed by atoms with E-state index >= 15 is 0 Å². The zero-order chi connectivity index (χ0) is 31.1. The molecule has 11 heteroatoms. The van der Waals surface area contributed by atoms with E-state index < -0.39 is 12.1 Å². The van der Waals surface area contributed by atoms with Crippen molar-refractivity contribution >= 4 is 29.3 Å². The highest BCUT2D eigenvalue weighted by atomic mass is 32.2. The Labute approximate surface area is 256 Å². The minimum Gasteiger partial charge on any atom is -0.493 e. The second-order valence-electron chi connectivity index (χ2n) is 10.4. The molecule has 1 aliphatic rings. The van der Waals surface area contributed by atoms with Gasteiger partial charge in [-0.05, 0) is 78.3 Å². The molecule has 0 bridgehead atoms. The standard InChI is InChI=1S/C32H40N4O6S/c1-19(37)34-24-11-9-20-16-28(40-3)30(41-4)31(42-5)29(20)22-10-12-25(27(38)17-23(22)24)35-26(13-15-43-6)32(39)33-18-21-8-7-14-36(21)2/h7-8,10,12,14,16-17,24,26H,9,11,13,15,18H2,1-6H3,(H,33,39)(H,34,37)(H,35,38)/t24-,26-/m0/s1. The first-order chi connectivity index (χ1) is 20.7. The molecule has 3 aromatic rings. The second-order valence-corrected chi connectivity index (χ2v) is 11.4. The SMILES string of the molecule is COc1cc2c(c(OC)c1OC)-c1ccc(N[C@@H](CCSC)C(=O)NCc3cccn3C)c(=O)cc1[C@@H](NC(C)=O)CC2. The highest BCUT2D eigenvalue weighted by molar-refractivity contribution is 7.98. The van der Waals surface area contributed by atoms with Crippen molar-refractivity contribution in [2.75, 3.05) is 38.7 Å². The van der Waals surface area contributed by atoms with Gasteiger partial charge in [0.1, 0.15) is 6.04 Å². The molecule has 4 rings (SSSR count). The van der Waals surface area contributed by atoms with Crippen molar-refractivity contribution < 1.29 is 23.8 Å². The molecule has 0 saturated carbocycles. The number of carbonyl (C=O) groups excluding carboxylic acids is 2. The van der Waals surface area contributed by atoms with Gasteiger partial charge >= 0.3 is 0 Å². The Balaban J connectivity index is 1.80. The first-order valence-electron chi connectivity index (χ1n) is 14.1. The first-order valence-corrected chi connectivity index (χ1v) is 15.5. The lowest BCUT2D eigenvalue weighted by Gasteiger charge is -2.19. The molecule has 0 aliphatic heterocycles. The van der Waals surface area contributed by atoms with Crippen molar-refractivity contribution in [3.05, 3.63) is 69.6 Å². The van der Waals surface area contributed by atoms with Crippen molar-refractivity contribution in [3.63, 3.8) is 0 Å². The molecule has 1 aromatic heterocycles. The monoisotopic (exact) mass is 608 g/mol. The van der Waals surface area contributed by atoms with Gasteiger partial charge in [0.15, 0.2) is 11.5 Å². The Morgan fingerprint density at radius 3 is 2.49 bits per heavy atom. The quantitative estimate of drug-likeness (QED) is 0.282. The molecule has 0 spiro atoms. The number of methoxy groups -OCH3 is 3. The Bertz CT molecular complexity index is 1540. The molecule has 2 atom stereocenters. The topological polar surface area (TPSA) is 120 Å². The van der Waals surface area contributed by atoms with E-state index in [4.69, 9.17) is 14.2 Å². The molecule has 3 N–H and O–H groups in total. The number of ether oxygens (including phenoxy) is 3. The third-order valence-corrected chi connectivity index (χ3v) is 8.31. The van der Waals surface area contributed by atoms with E-state index in [1.54, 1.807) is 45.2 Å². The molecule has 230 valence electrons. The number of carbonyl (C=O) groups is 2. The minimum atomic E-state index is -0.625. The van der Waals surface area contributed by atoms with E-state index in [0.29, 0.717) is 48.6 Å². The molecule has 43 heavy (non-hydrogen) atoms. The Kier molecular flexibility index (Phi) is 10.6. The number of amides is 2. The molecule has 0 unspecified atom stereocenters. The molecule has 0 radical (unpaired) electrons. The fourth-order valence-electron chi connectivity index (χ4n) is 5.50. The summed E-state index contributed by atoms with van der Waals surface area (Å²) in [7, 11) is 6.60. The lowest BCUT2D eigenvalue weighted by molar-refractivity contribution is -0.122. The minimum absolute atomic E-state index is 0.192. The van der Waals surface area contributed by atoms with Crippen molar-refractivity contribution in [1.29, 1.82) is 0 Å². The molecule has 10 nitrogen and oxygen atoms in total. The van der Waals surface area contributed by atoms with Crippen LogP contribution in [0.3, 0.4) is 0 Å². The molecule has 0 fully saturated rings. The molecule has 1 heterocycles. The normalized spacial score (nSPS) is 14.4. The maximum absolute atomic E-state index is 13.8. The lowest BCUT2D eigenvalue weighted by atomic mass is 9.95. The van der Waals surface area contributed by atoms with Gasteiger partial charge in [0.2, 0.25) is 23.0 Å². The average Bonchev–Trinajstić information content (AvgIpc) is 3.27. The summed E-state index contributed by atoms with van der Waals surface area (Å²) < 4.78 is 19.1. The maximum Gasteiger partial charge on any atom is 0.242 e. The van der Waals surface area contributed by atoms with Crippen molar-refractivity contribution in [1.82, 2.24) is 15.2 Å². The summed E-state index contributed by atoms with van der Waals surface area (Å²) in [5.41, 5.74) is 4.06. The van der Waals surface area contributed by atoms with Crippen LogP contribution >= 0.6 is 11.8 Å². The number of anilines is 1. The number of fused-ring (bicyclic) bond motifs is 3. The number of aryl methyl sites for hydroxylation is 2. The van der Waals surface area contributed by atoms with E-state index in [1.165, 1.54) is 6.92 Å². The van der Waals surface area contributed by atoms with Crippen LogP contribution in [0.25, 0.3) is 11.1 Å². The number of thioether (sulfide) groups is 1. The fourth-order valence-corrected chi connectivity index (χ4v) is 5.97. The predicted octanol–water partition coefficient (Wildman–Crippen LogP) is 4.05. The summed E-state index contributed by atoms with van der Waals surface area (Å²) in [6, 6.07) is 9.85. The number of nitrogens with zero attached hydrogens (tertiary/aromatic N) is 1. The van der Waals surface area contributed by atoms with Crippen LogP contribution in [0.2, 0.25) is 0 Å². The Hall–Kier alpha value is -4.12. The summed E-state index contributed by atoms with van der Waals surface area (Å²) in [6.45, 7) is 1.84. The van der Waals surface area contributed by atoms with Gasteiger partial charge < -0.3 is 34.7 Å². The van der Waals surface area contributed by atoms with Crippen LogP contribution in [0.5, 0.6) is 17.2 Å². The summed E-state index contributed by atoms with van der Waals surface area (Å²) in [5, 5.41) is 9.25. The average molecular weight is 609 g/mol. The smallest absolute Gasteiger partial charge is 0.242 e. The molecule has 1 aliphatic carbocycles. The number of rotatable bonds is 12. The fraction of sp³-hybridized carbons (Fsp3) is 0.406. The zero-order valence-corrected chi connectivity index (χ0v) is 26.4. The molecule has 2 amide bonds. The third kappa shape index (κ3) is 7.10. The van der Waals surface area contributed by atoms with Gasteiger partial charge in [0.05, 0.1) is 39.6 Å². The summed E-state index contributed by atoms with van der Waals surface area (Å²) in [4.78, 5) is 39.3. The van der Waals surface area contributed by atoms with Crippen molar-refractivity contribution in [2.24, 2.45) is 7.05 Å². The van der Waals surface area contributed by atoms with Crippen LogP contribution in [0.15, 0.2) is 47.4 Å². The van der Waals surface area contributed by atoms with Crippen molar-refractivity contribution in [3.8, 4) is 28.4 Å². The lowest BCUT2D eigenvalue weighted by Crippen LogP contribution is -2.40. The highest BCUT2D eigenvalue weighted by Gasteiger charge is 2.30. The predicted molar refractivity (Wildman–Crippen MR) is 170 cm³/mol. The highest BCUT2D eigenvalue weighted by Crippen LogP contribution is 2.50. The van der Waals surface area contributed by atoms with Gasteiger partial charge in [0.25, 0.3) is 0 Å². The van der Waals surface area contributed by atoms with Crippen LogP contribution in [0.4, 0.5) is 5.69 Å². The molecule has 0 saturated heterocycles. The van der Waals surface area contributed by atoms with Crippen molar-refractivity contribution in [2.45, 2.75) is 44.8 Å². The third-order valence-electron chi connectivity index (χ3n) is 7.67. The summed E-state index contributed by atoms with van der Waals surface area (Å²) >= 11 is 1.63. The number of hydrogen-bond donors (Lipinski definition) is 3. The second kappa shape index (κ2) is 14.4. The molecule has 2 aromatic carbocycles. The number of hydrogen-bond acceptors (Lipinski definition) is 8. The van der Waals surface area contributed by atoms with E-state index in [0.717, 1.165) is 28.1 Å². The molecular weight excluding hydrogens is 568 g/mol. The molecular formula is C32H40N4O6S. The number of benzene rings is 1. The van der Waals surface area contributed by atoms with Gasteiger partial charge in [-0.2, -0.15) is 11.8 Å². The first kappa shape index (κ1) is 31.8. The Morgan fingerprint density at radius 2 is 1.86 bits per heavy atom.